The number of rotatable bonds is 6. The number of para-hydroxylation sites is 1. The Bertz CT molecular complexity index is 696. The van der Waals surface area contributed by atoms with Crippen LogP contribution >= 0.6 is 23.1 Å². The van der Waals surface area contributed by atoms with Crippen molar-refractivity contribution in [1.82, 2.24) is 0 Å². The summed E-state index contributed by atoms with van der Waals surface area (Å²) in [7, 11) is -3.59. The van der Waals surface area contributed by atoms with E-state index in [4.69, 9.17) is 5.73 Å². The fraction of sp³-hybridized carbons (Fsp3) is 0.0833. The molecule has 0 aliphatic heterocycles. The lowest BCUT2D eigenvalue weighted by atomic mass is 10.3. The number of sulfonamides is 1. The fourth-order valence-corrected chi connectivity index (χ4v) is 4.32. The second-order valence-electron chi connectivity index (χ2n) is 3.79. The molecule has 1 heterocycles. The normalized spacial score (nSPS) is 11.2. The number of primary amides is 1. The van der Waals surface area contributed by atoms with Crippen LogP contribution in [0.4, 0.5) is 5.69 Å². The van der Waals surface area contributed by atoms with Gasteiger partial charge < -0.3 is 5.73 Å². The minimum atomic E-state index is -3.59. The van der Waals surface area contributed by atoms with Gasteiger partial charge in [0.2, 0.25) is 5.91 Å². The van der Waals surface area contributed by atoms with Crippen LogP contribution < -0.4 is 10.5 Å². The van der Waals surface area contributed by atoms with Crippen LogP contribution in [0.25, 0.3) is 0 Å². The molecule has 0 saturated heterocycles. The van der Waals surface area contributed by atoms with Gasteiger partial charge in [0.1, 0.15) is 4.21 Å². The van der Waals surface area contributed by atoms with Crippen LogP contribution in [0.5, 0.6) is 0 Å². The van der Waals surface area contributed by atoms with E-state index < -0.39 is 15.9 Å². The summed E-state index contributed by atoms with van der Waals surface area (Å²) in [5, 5.41) is 1.70. The Kier molecular flexibility index (Phi) is 4.69. The zero-order valence-electron chi connectivity index (χ0n) is 10.3. The highest BCUT2D eigenvalue weighted by atomic mass is 32.2. The van der Waals surface area contributed by atoms with Gasteiger partial charge in [0.25, 0.3) is 10.0 Å². The first-order valence-corrected chi connectivity index (χ1v) is 8.90. The van der Waals surface area contributed by atoms with E-state index in [-0.39, 0.29) is 9.96 Å². The predicted molar refractivity (Wildman–Crippen MR) is 81.5 cm³/mol. The number of carbonyl (C=O) groups is 1. The maximum atomic E-state index is 12.2. The summed E-state index contributed by atoms with van der Waals surface area (Å²) in [6.07, 6.45) is 0. The summed E-state index contributed by atoms with van der Waals surface area (Å²) in [5.74, 6) is -0.358. The highest BCUT2D eigenvalue weighted by Crippen LogP contribution is 2.29. The van der Waals surface area contributed by atoms with Crippen molar-refractivity contribution in [1.29, 1.82) is 0 Å². The molecular formula is C12H12N2O3S3. The Morgan fingerprint density at radius 3 is 2.65 bits per heavy atom. The zero-order valence-corrected chi connectivity index (χ0v) is 12.7. The van der Waals surface area contributed by atoms with Gasteiger partial charge in [-0.1, -0.05) is 18.2 Å². The second-order valence-corrected chi connectivity index (χ2v) is 7.66. The molecule has 1 aromatic heterocycles. The maximum Gasteiger partial charge on any atom is 0.271 e. The molecule has 0 atom stereocenters. The molecule has 2 aromatic rings. The molecular weight excluding hydrogens is 316 g/mol. The van der Waals surface area contributed by atoms with E-state index in [1.165, 1.54) is 17.8 Å². The summed E-state index contributed by atoms with van der Waals surface area (Å²) in [4.78, 5) is 11.5. The van der Waals surface area contributed by atoms with E-state index in [2.05, 4.69) is 4.72 Å². The molecule has 1 aromatic carbocycles. The number of nitrogens with one attached hydrogen (secondary N) is 1. The molecule has 1 amide bonds. The van der Waals surface area contributed by atoms with Crippen molar-refractivity contribution in [3.63, 3.8) is 0 Å². The molecule has 2 rings (SSSR count). The van der Waals surface area contributed by atoms with E-state index in [9.17, 15) is 13.2 Å². The number of thiophene rings is 1. The highest BCUT2D eigenvalue weighted by Gasteiger charge is 2.17. The van der Waals surface area contributed by atoms with Gasteiger partial charge in [0, 0.05) is 4.90 Å². The summed E-state index contributed by atoms with van der Waals surface area (Å²) in [6, 6.07) is 10.1. The molecule has 106 valence electrons. The Balaban J connectivity index is 2.23. The standard InChI is InChI=1S/C12H12N2O3S3/c13-11(15)8-19-10-5-2-1-4-9(10)14-20(16,17)12-6-3-7-18-12/h1-7,14H,8H2,(H2,13,15). The van der Waals surface area contributed by atoms with Gasteiger partial charge in [-0.15, -0.1) is 23.1 Å². The number of thioether (sulfide) groups is 1. The highest BCUT2D eigenvalue weighted by molar-refractivity contribution is 8.00. The summed E-state index contributed by atoms with van der Waals surface area (Å²) in [6.45, 7) is 0. The maximum absolute atomic E-state index is 12.2. The molecule has 8 heteroatoms. The van der Waals surface area contributed by atoms with Gasteiger partial charge in [0.15, 0.2) is 0 Å². The monoisotopic (exact) mass is 328 g/mol. The molecule has 0 unspecified atom stereocenters. The lowest BCUT2D eigenvalue weighted by Gasteiger charge is -2.10. The third-order valence-corrected chi connectivity index (χ3v) is 6.12. The van der Waals surface area contributed by atoms with Crippen LogP contribution in [-0.4, -0.2) is 20.1 Å². The van der Waals surface area contributed by atoms with Gasteiger partial charge in [0.05, 0.1) is 11.4 Å². The number of amides is 1. The average molecular weight is 328 g/mol. The van der Waals surface area contributed by atoms with Gasteiger partial charge >= 0.3 is 0 Å². The number of benzene rings is 1. The van der Waals surface area contributed by atoms with Crippen molar-refractivity contribution in [2.75, 3.05) is 10.5 Å². The van der Waals surface area contributed by atoms with Crippen LogP contribution in [0, 0.1) is 0 Å². The van der Waals surface area contributed by atoms with E-state index in [0.29, 0.717) is 10.6 Å². The van der Waals surface area contributed by atoms with Gasteiger partial charge in [-0.25, -0.2) is 8.42 Å². The topological polar surface area (TPSA) is 89.3 Å². The molecule has 20 heavy (non-hydrogen) atoms. The minimum Gasteiger partial charge on any atom is -0.369 e. The van der Waals surface area contributed by atoms with Gasteiger partial charge in [-0.05, 0) is 23.6 Å². The molecule has 0 aliphatic carbocycles. The quantitative estimate of drug-likeness (QED) is 0.795. The zero-order chi connectivity index (χ0) is 14.6. The van der Waals surface area contributed by atoms with E-state index in [1.807, 2.05) is 0 Å². The minimum absolute atomic E-state index is 0.0950. The Labute approximate surface area is 125 Å². The number of anilines is 1. The van der Waals surface area contributed by atoms with Gasteiger partial charge in [-0.2, -0.15) is 0 Å². The van der Waals surface area contributed by atoms with E-state index in [0.717, 1.165) is 11.3 Å². The van der Waals surface area contributed by atoms with Crippen molar-refractivity contribution < 1.29 is 13.2 Å². The summed E-state index contributed by atoms with van der Waals surface area (Å²) in [5.41, 5.74) is 5.54. The van der Waals surface area contributed by atoms with Crippen molar-refractivity contribution in [3.8, 4) is 0 Å². The number of carbonyl (C=O) groups excluding carboxylic acids is 1. The SMILES string of the molecule is NC(=O)CSc1ccccc1NS(=O)(=O)c1cccs1. The first-order chi connectivity index (χ1) is 9.49. The number of nitrogens with two attached hydrogens (primary N) is 1. The fourth-order valence-electron chi connectivity index (χ4n) is 1.44. The third-order valence-electron chi connectivity index (χ3n) is 2.26. The second kappa shape index (κ2) is 6.29. The van der Waals surface area contributed by atoms with E-state index >= 15 is 0 Å². The van der Waals surface area contributed by atoms with Crippen LogP contribution in [0.3, 0.4) is 0 Å². The number of hydrogen-bond donors (Lipinski definition) is 2. The molecule has 3 N–H and O–H groups in total. The molecule has 0 spiro atoms. The van der Waals surface area contributed by atoms with Crippen molar-refractivity contribution in [2.45, 2.75) is 9.10 Å². The Morgan fingerprint density at radius 1 is 1.25 bits per heavy atom. The largest absolute Gasteiger partial charge is 0.369 e. The average Bonchev–Trinajstić information content (AvgIpc) is 2.92. The molecule has 5 nitrogen and oxygen atoms in total. The molecule has 0 bridgehead atoms. The first-order valence-electron chi connectivity index (χ1n) is 5.55. The van der Waals surface area contributed by atoms with Crippen molar-refractivity contribution in [2.24, 2.45) is 5.73 Å². The van der Waals surface area contributed by atoms with Crippen LogP contribution in [0.15, 0.2) is 50.9 Å². The van der Waals surface area contributed by atoms with Gasteiger partial charge in [-0.3, -0.25) is 9.52 Å². The molecule has 0 fully saturated rings. The van der Waals surface area contributed by atoms with Crippen LogP contribution in [0.2, 0.25) is 0 Å². The molecule has 0 radical (unpaired) electrons. The lowest BCUT2D eigenvalue weighted by Crippen LogP contribution is -2.14. The smallest absolute Gasteiger partial charge is 0.271 e. The third kappa shape index (κ3) is 3.75. The van der Waals surface area contributed by atoms with Crippen LogP contribution in [0.1, 0.15) is 0 Å². The summed E-state index contributed by atoms with van der Waals surface area (Å²) < 4.78 is 27.1. The Hall–Kier alpha value is -1.51. The lowest BCUT2D eigenvalue weighted by molar-refractivity contribution is -0.115. The van der Waals surface area contributed by atoms with Crippen molar-refractivity contribution >= 4 is 44.7 Å². The Morgan fingerprint density at radius 2 is 2.00 bits per heavy atom. The molecule has 0 aliphatic rings. The first kappa shape index (κ1) is 14.9. The predicted octanol–water partition coefficient (Wildman–Crippen LogP) is 2.13. The van der Waals surface area contributed by atoms with Crippen LogP contribution in [-0.2, 0) is 14.8 Å². The summed E-state index contributed by atoms with van der Waals surface area (Å²) >= 11 is 2.34. The van der Waals surface area contributed by atoms with Crippen molar-refractivity contribution in [3.05, 3.63) is 41.8 Å². The number of hydrogen-bond acceptors (Lipinski definition) is 5. The molecule has 0 saturated carbocycles. The van der Waals surface area contributed by atoms with E-state index in [1.54, 1.807) is 35.7 Å².